The molecule has 3 nitrogen and oxygen atoms in total. The average molecular weight is 227 g/mol. The summed E-state index contributed by atoms with van der Waals surface area (Å²) in [6.45, 7) is 0. The Bertz CT molecular complexity index is 303. The Morgan fingerprint density at radius 3 is 2.87 bits per heavy atom. The zero-order valence-electron chi connectivity index (χ0n) is 8.82. The third-order valence-corrected chi connectivity index (χ3v) is 2.41. The molecule has 0 bridgehead atoms. The molecule has 1 amide bonds. The van der Waals surface area contributed by atoms with Crippen molar-refractivity contribution < 1.29 is 4.79 Å². The van der Waals surface area contributed by atoms with E-state index >= 15 is 0 Å². The fourth-order valence-electron chi connectivity index (χ4n) is 1.22. The highest BCUT2D eigenvalue weighted by molar-refractivity contribution is 6.17. The highest BCUT2D eigenvalue weighted by atomic mass is 35.5. The van der Waals surface area contributed by atoms with E-state index in [0.29, 0.717) is 18.1 Å². The van der Waals surface area contributed by atoms with Gasteiger partial charge in [0.15, 0.2) is 0 Å². The first kappa shape index (κ1) is 12.0. The van der Waals surface area contributed by atoms with Crippen molar-refractivity contribution in [3.05, 3.63) is 24.4 Å². The second kappa shape index (κ2) is 6.40. The van der Waals surface area contributed by atoms with E-state index in [9.17, 15) is 4.79 Å². The molecule has 1 heterocycles. The average Bonchev–Trinajstić information content (AvgIpc) is 2.29. The number of anilines is 1. The van der Waals surface area contributed by atoms with Crippen LogP contribution in [0.15, 0.2) is 24.4 Å². The maximum atomic E-state index is 11.7. The Morgan fingerprint density at radius 2 is 2.27 bits per heavy atom. The monoisotopic (exact) mass is 226 g/mol. The summed E-state index contributed by atoms with van der Waals surface area (Å²) in [5.74, 6) is 1.38. The highest BCUT2D eigenvalue weighted by Gasteiger charge is 2.10. The van der Waals surface area contributed by atoms with Crippen molar-refractivity contribution >= 4 is 23.3 Å². The molecule has 0 saturated carbocycles. The molecule has 0 N–H and O–H groups in total. The molecule has 0 aliphatic carbocycles. The summed E-state index contributed by atoms with van der Waals surface area (Å²) in [5, 5.41) is 0. The molecule has 82 valence electrons. The zero-order valence-corrected chi connectivity index (χ0v) is 9.57. The lowest BCUT2D eigenvalue weighted by Crippen LogP contribution is -2.26. The minimum Gasteiger partial charge on any atom is -0.300 e. The summed E-state index contributed by atoms with van der Waals surface area (Å²) >= 11 is 5.54. The number of aromatic nitrogens is 1. The van der Waals surface area contributed by atoms with Crippen molar-refractivity contribution in [1.82, 2.24) is 4.98 Å². The second-order valence-electron chi connectivity index (χ2n) is 3.29. The Kier molecular flexibility index (Phi) is 5.12. The molecule has 0 fully saturated rings. The highest BCUT2D eigenvalue weighted by Crippen LogP contribution is 2.09. The van der Waals surface area contributed by atoms with Gasteiger partial charge >= 0.3 is 0 Å². The summed E-state index contributed by atoms with van der Waals surface area (Å²) in [6.07, 6.45) is 3.92. The van der Waals surface area contributed by atoms with Crippen LogP contribution in [0.1, 0.15) is 19.3 Å². The van der Waals surface area contributed by atoms with Gasteiger partial charge in [0.05, 0.1) is 0 Å². The number of nitrogens with zero attached hydrogens (tertiary/aromatic N) is 2. The molecular weight excluding hydrogens is 212 g/mol. The van der Waals surface area contributed by atoms with Crippen LogP contribution in [-0.2, 0) is 4.79 Å². The molecular formula is C11H15ClN2O. The quantitative estimate of drug-likeness (QED) is 0.571. The van der Waals surface area contributed by atoms with Crippen molar-refractivity contribution in [1.29, 1.82) is 0 Å². The summed E-state index contributed by atoms with van der Waals surface area (Å²) in [5.41, 5.74) is 0. The van der Waals surface area contributed by atoms with Crippen LogP contribution in [0.4, 0.5) is 5.82 Å². The van der Waals surface area contributed by atoms with E-state index in [1.807, 2.05) is 18.2 Å². The van der Waals surface area contributed by atoms with Crippen LogP contribution in [0.2, 0.25) is 0 Å². The molecule has 0 aliphatic heterocycles. The van der Waals surface area contributed by atoms with Gasteiger partial charge in [-0.3, -0.25) is 9.69 Å². The summed E-state index contributed by atoms with van der Waals surface area (Å²) in [6, 6.07) is 5.51. The van der Waals surface area contributed by atoms with Gasteiger partial charge in [0.2, 0.25) is 5.91 Å². The van der Waals surface area contributed by atoms with E-state index in [2.05, 4.69) is 4.98 Å². The summed E-state index contributed by atoms with van der Waals surface area (Å²) < 4.78 is 0. The van der Waals surface area contributed by atoms with Crippen LogP contribution in [0.25, 0.3) is 0 Å². The predicted molar refractivity (Wildman–Crippen MR) is 62.2 cm³/mol. The first-order valence-electron chi connectivity index (χ1n) is 4.99. The van der Waals surface area contributed by atoms with Crippen molar-refractivity contribution in [2.45, 2.75) is 19.3 Å². The van der Waals surface area contributed by atoms with Crippen molar-refractivity contribution in [3.8, 4) is 0 Å². The molecule has 0 unspecified atom stereocenters. The Hall–Kier alpha value is -1.09. The van der Waals surface area contributed by atoms with Gasteiger partial charge in [-0.05, 0) is 25.0 Å². The normalized spacial score (nSPS) is 10.0. The first-order valence-corrected chi connectivity index (χ1v) is 5.52. The number of alkyl halides is 1. The summed E-state index contributed by atoms with van der Waals surface area (Å²) in [7, 11) is 1.74. The lowest BCUT2D eigenvalue weighted by molar-refractivity contribution is -0.118. The molecule has 0 spiro atoms. The molecule has 1 aromatic heterocycles. The number of carbonyl (C=O) groups is 1. The molecule has 0 aromatic carbocycles. The first-order chi connectivity index (χ1) is 7.25. The van der Waals surface area contributed by atoms with Crippen LogP contribution in [0.5, 0.6) is 0 Å². The number of rotatable bonds is 5. The van der Waals surface area contributed by atoms with Crippen molar-refractivity contribution in [2.24, 2.45) is 0 Å². The van der Waals surface area contributed by atoms with Crippen LogP contribution in [0.3, 0.4) is 0 Å². The Balaban J connectivity index is 2.46. The standard InChI is InChI=1S/C11H15ClN2O/c1-14(10-6-3-5-9-13-10)11(15)7-2-4-8-12/h3,5-6,9H,2,4,7-8H2,1H3. The summed E-state index contributed by atoms with van der Waals surface area (Å²) in [4.78, 5) is 17.3. The molecule has 0 radical (unpaired) electrons. The SMILES string of the molecule is CN(C(=O)CCCCCl)c1ccccn1. The van der Waals surface area contributed by atoms with Gasteiger partial charge in [-0.2, -0.15) is 0 Å². The van der Waals surface area contributed by atoms with E-state index in [0.717, 1.165) is 12.8 Å². The second-order valence-corrected chi connectivity index (χ2v) is 3.66. The number of pyridine rings is 1. The van der Waals surface area contributed by atoms with Gasteiger partial charge in [0.1, 0.15) is 5.82 Å². The van der Waals surface area contributed by atoms with Crippen LogP contribution < -0.4 is 4.90 Å². The number of carbonyl (C=O) groups excluding carboxylic acids is 1. The number of halogens is 1. The number of amides is 1. The smallest absolute Gasteiger partial charge is 0.227 e. The van der Waals surface area contributed by atoms with Crippen molar-refractivity contribution in [2.75, 3.05) is 17.8 Å². The van der Waals surface area contributed by atoms with Crippen molar-refractivity contribution in [3.63, 3.8) is 0 Å². The van der Waals surface area contributed by atoms with E-state index in [4.69, 9.17) is 11.6 Å². The van der Waals surface area contributed by atoms with Gasteiger partial charge < -0.3 is 0 Å². The van der Waals surface area contributed by atoms with E-state index in [1.165, 1.54) is 0 Å². The predicted octanol–water partition coefficient (Wildman–Crippen LogP) is 2.45. The molecule has 4 heteroatoms. The number of unbranched alkanes of at least 4 members (excludes halogenated alkanes) is 1. The molecule has 0 atom stereocenters. The van der Waals surface area contributed by atoms with Gasteiger partial charge in [0, 0.05) is 25.5 Å². The van der Waals surface area contributed by atoms with E-state index < -0.39 is 0 Å². The number of hydrogen-bond donors (Lipinski definition) is 0. The van der Waals surface area contributed by atoms with Crippen LogP contribution in [-0.4, -0.2) is 23.8 Å². The van der Waals surface area contributed by atoms with Gasteiger partial charge in [-0.25, -0.2) is 4.98 Å². The Morgan fingerprint density at radius 1 is 1.47 bits per heavy atom. The van der Waals surface area contributed by atoms with Crippen LogP contribution >= 0.6 is 11.6 Å². The van der Waals surface area contributed by atoms with E-state index in [-0.39, 0.29) is 5.91 Å². The third kappa shape index (κ3) is 3.88. The minimum atomic E-state index is 0.0822. The maximum absolute atomic E-state index is 11.7. The van der Waals surface area contributed by atoms with Gasteiger partial charge in [0.25, 0.3) is 0 Å². The number of hydrogen-bond acceptors (Lipinski definition) is 2. The topological polar surface area (TPSA) is 33.2 Å². The minimum absolute atomic E-state index is 0.0822. The zero-order chi connectivity index (χ0) is 11.1. The van der Waals surface area contributed by atoms with E-state index in [1.54, 1.807) is 18.1 Å². The molecule has 1 rings (SSSR count). The largest absolute Gasteiger partial charge is 0.300 e. The lowest BCUT2D eigenvalue weighted by Gasteiger charge is -2.15. The van der Waals surface area contributed by atoms with Gasteiger partial charge in [-0.1, -0.05) is 6.07 Å². The molecule has 1 aromatic rings. The molecule has 0 aliphatic rings. The van der Waals surface area contributed by atoms with Gasteiger partial charge in [-0.15, -0.1) is 11.6 Å². The molecule has 15 heavy (non-hydrogen) atoms. The fourth-order valence-corrected chi connectivity index (χ4v) is 1.41. The fraction of sp³-hybridized carbons (Fsp3) is 0.455. The van der Waals surface area contributed by atoms with Crippen LogP contribution in [0, 0.1) is 0 Å². The maximum Gasteiger partial charge on any atom is 0.227 e. The Labute approximate surface area is 95.1 Å². The lowest BCUT2D eigenvalue weighted by atomic mass is 10.2. The third-order valence-electron chi connectivity index (χ3n) is 2.14. The molecule has 0 saturated heterocycles.